The summed E-state index contributed by atoms with van der Waals surface area (Å²) in [6, 6.07) is 0. The van der Waals surface area contributed by atoms with E-state index in [4.69, 9.17) is 10.5 Å². The number of carbonyl (C=O) groups excluding carboxylic acids is 3. The number of esters is 1. The molecule has 29 heavy (non-hydrogen) atoms. The van der Waals surface area contributed by atoms with E-state index in [0.717, 1.165) is 22.6 Å². The third-order valence-electron chi connectivity index (χ3n) is 4.31. The van der Waals surface area contributed by atoms with Crippen LogP contribution in [0.2, 0.25) is 0 Å². The summed E-state index contributed by atoms with van der Waals surface area (Å²) in [6.45, 7) is 5.62. The summed E-state index contributed by atoms with van der Waals surface area (Å²) in [6.07, 6.45) is 2.00. The number of hydrogen-bond donors (Lipinski definition) is 2. The van der Waals surface area contributed by atoms with Gasteiger partial charge in [-0.15, -0.1) is 11.3 Å². The number of nitrogens with two attached hydrogens (primary N) is 1. The van der Waals surface area contributed by atoms with Crippen LogP contribution in [-0.2, 0) is 16.0 Å². The summed E-state index contributed by atoms with van der Waals surface area (Å²) < 4.78 is 6.43. The minimum atomic E-state index is -0.593. The molecule has 0 fully saturated rings. The van der Waals surface area contributed by atoms with Gasteiger partial charge in [-0.3, -0.25) is 9.59 Å². The lowest BCUT2D eigenvalue weighted by molar-refractivity contribution is -0.116. The van der Waals surface area contributed by atoms with Crippen LogP contribution in [0.25, 0.3) is 5.65 Å². The molecule has 0 aliphatic rings. The smallest absolute Gasteiger partial charge is 0.357 e. The normalized spacial score (nSPS) is 10.9. The topological polar surface area (TPSA) is 142 Å². The van der Waals surface area contributed by atoms with Gasteiger partial charge in [0, 0.05) is 23.2 Å². The van der Waals surface area contributed by atoms with Crippen LogP contribution >= 0.6 is 11.3 Å². The molecule has 0 radical (unpaired) electrons. The molecule has 0 saturated heterocycles. The van der Waals surface area contributed by atoms with Crippen LogP contribution in [0.3, 0.4) is 0 Å². The first kappa shape index (κ1) is 20.4. The van der Waals surface area contributed by atoms with Crippen molar-refractivity contribution < 1.29 is 19.1 Å². The molecule has 0 atom stereocenters. The van der Waals surface area contributed by atoms with Gasteiger partial charge in [-0.05, 0) is 32.8 Å². The van der Waals surface area contributed by atoms with Crippen LogP contribution in [0.15, 0.2) is 11.6 Å². The summed E-state index contributed by atoms with van der Waals surface area (Å²) in [5, 5.41) is 8.72. The van der Waals surface area contributed by atoms with Gasteiger partial charge in [0.1, 0.15) is 5.56 Å². The molecule has 152 valence electrons. The second kappa shape index (κ2) is 8.35. The fraction of sp³-hybridized carbons (Fsp3) is 0.333. The summed E-state index contributed by atoms with van der Waals surface area (Å²) in [5.41, 5.74) is 8.51. The maximum absolute atomic E-state index is 12.3. The minimum absolute atomic E-state index is 0.164. The molecule has 0 spiro atoms. The second-order valence-corrected chi connectivity index (χ2v) is 7.08. The Kier molecular flexibility index (Phi) is 5.87. The highest BCUT2D eigenvalue weighted by atomic mass is 32.1. The molecule has 11 heteroatoms. The van der Waals surface area contributed by atoms with E-state index >= 15 is 0 Å². The minimum Gasteiger partial charge on any atom is -0.461 e. The average Bonchev–Trinajstić information content (AvgIpc) is 3.28. The summed E-state index contributed by atoms with van der Waals surface area (Å²) in [4.78, 5) is 43.9. The molecule has 0 unspecified atom stereocenters. The van der Waals surface area contributed by atoms with E-state index in [1.165, 1.54) is 11.6 Å². The Morgan fingerprint density at radius 3 is 2.72 bits per heavy atom. The number of nitrogens with one attached hydrogen (secondary N) is 1. The Bertz CT molecular complexity index is 1100. The summed E-state index contributed by atoms with van der Waals surface area (Å²) >= 11 is 1.15. The van der Waals surface area contributed by atoms with Crippen molar-refractivity contribution in [3.63, 3.8) is 0 Å². The third-order valence-corrected chi connectivity index (χ3v) is 5.07. The molecule has 3 aromatic rings. The number of thiazole rings is 1. The maximum Gasteiger partial charge on any atom is 0.357 e. The molecule has 0 saturated carbocycles. The van der Waals surface area contributed by atoms with Crippen molar-refractivity contribution in [2.75, 3.05) is 11.9 Å². The van der Waals surface area contributed by atoms with E-state index in [9.17, 15) is 14.4 Å². The molecule has 10 nitrogen and oxygen atoms in total. The Labute approximate surface area is 170 Å². The first-order valence-electron chi connectivity index (χ1n) is 8.88. The number of anilines is 1. The molecule has 0 aromatic carbocycles. The highest BCUT2D eigenvalue weighted by molar-refractivity contribution is 7.14. The maximum atomic E-state index is 12.3. The highest BCUT2D eigenvalue weighted by Gasteiger charge is 2.18. The van der Waals surface area contributed by atoms with Gasteiger partial charge < -0.3 is 15.8 Å². The number of rotatable bonds is 7. The van der Waals surface area contributed by atoms with Crippen molar-refractivity contribution in [3.05, 3.63) is 39.8 Å². The van der Waals surface area contributed by atoms with Gasteiger partial charge in [-0.25, -0.2) is 19.3 Å². The van der Waals surface area contributed by atoms with Crippen molar-refractivity contribution in [1.29, 1.82) is 0 Å². The predicted octanol–water partition coefficient (Wildman–Crippen LogP) is 1.65. The van der Waals surface area contributed by atoms with Crippen molar-refractivity contribution in [2.45, 2.75) is 33.6 Å². The quantitative estimate of drug-likeness (QED) is 0.558. The Balaban J connectivity index is 1.70. The zero-order valence-corrected chi connectivity index (χ0v) is 17.0. The molecule has 3 aromatic heterocycles. The Morgan fingerprint density at radius 1 is 1.28 bits per heavy atom. The van der Waals surface area contributed by atoms with Crippen molar-refractivity contribution in [1.82, 2.24) is 19.6 Å². The summed E-state index contributed by atoms with van der Waals surface area (Å²) in [7, 11) is 0. The Hall–Kier alpha value is -3.34. The number of ether oxygens (including phenoxy) is 1. The van der Waals surface area contributed by atoms with Gasteiger partial charge in [0.2, 0.25) is 5.91 Å². The second-order valence-electron chi connectivity index (χ2n) is 6.23. The van der Waals surface area contributed by atoms with Crippen molar-refractivity contribution in [2.24, 2.45) is 5.73 Å². The number of hydrogen-bond acceptors (Lipinski definition) is 8. The van der Waals surface area contributed by atoms with Gasteiger partial charge >= 0.3 is 5.97 Å². The number of fused-ring (bicyclic) bond motifs is 1. The van der Waals surface area contributed by atoms with Gasteiger partial charge in [-0.1, -0.05) is 0 Å². The van der Waals surface area contributed by atoms with Gasteiger partial charge in [0.05, 0.1) is 12.8 Å². The largest absolute Gasteiger partial charge is 0.461 e. The standard InChI is InChI=1S/C18H20N6O4S/c1-4-28-17(27)13-8-29-18(22-13)23-14(25)6-5-11-9(2)21-16-12(15(19)26)7-20-24(16)10(11)3/h7-8H,4-6H2,1-3H3,(H2,19,26)(H,22,23,25). The van der Waals surface area contributed by atoms with E-state index < -0.39 is 11.9 Å². The van der Waals surface area contributed by atoms with Crippen LogP contribution in [0.5, 0.6) is 0 Å². The molecule has 3 heterocycles. The third kappa shape index (κ3) is 4.24. The monoisotopic (exact) mass is 416 g/mol. The predicted molar refractivity (Wildman–Crippen MR) is 106 cm³/mol. The molecule has 3 rings (SSSR count). The molecule has 0 bridgehead atoms. The SMILES string of the molecule is CCOC(=O)c1csc(NC(=O)CCc2c(C)nc3c(C(N)=O)cnn3c2C)n1. The lowest BCUT2D eigenvalue weighted by atomic mass is 10.1. The molecule has 2 amide bonds. The first-order chi connectivity index (χ1) is 13.8. The number of primary amides is 1. The summed E-state index contributed by atoms with van der Waals surface area (Å²) in [5.74, 6) is -1.36. The van der Waals surface area contributed by atoms with E-state index in [0.29, 0.717) is 22.9 Å². The highest BCUT2D eigenvalue weighted by Crippen LogP contribution is 2.20. The van der Waals surface area contributed by atoms with Crippen LogP contribution in [0, 0.1) is 13.8 Å². The van der Waals surface area contributed by atoms with Gasteiger partial charge in [-0.2, -0.15) is 5.10 Å². The molecular weight excluding hydrogens is 396 g/mol. The van der Waals surface area contributed by atoms with Crippen LogP contribution in [0.1, 0.15) is 51.1 Å². The lowest BCUT2D eigenvalue weighted by Gasteiger charge is -2.11. The zero-order chi connectivity index (χ0) is 21.1. The van der Waals surface area contributed by atoms with E-state index in [-0.39, 0.29) is 30.2 Å². The van der Waals surface area contributed by atoms with E-state index in [2.05, 4.69) is 20.4 Å². The average molecular weight is 416 g/mol. The van der Waals surface area contributed by atoms with Gasteiger partial charge in [0.25, 0.3) is 5.91 Å². The van der Waals surface area contributed by atoms with Crippen molar-refractivity contribution >= 4 is 39.9 Å². The molecular formula is C18H20N6O4S. The van der Waals surface area contributed by atoms with E-state index in [1.54, 1.807) is 11.4 Å². The van der Waals surface area contributed by atoms with Crippen LogP contribution in [0.4, 0.5) is 5.13 Å². The number of amides is 2. The Morgan fingerprint density at radius 2 is 2.03 bits per heavy atom. The first-order valence-corrected chi connectivity index (χ1v) is 9.75. The van der Waals surface area contributed by atoms with E-state index in [1.807, 2.05) is 13.8 Å². The number of nitrogens with zero attached hydrogens (tertiary/aromatic N) is 4. The lowest BCUT2D eigenvalue weighted by Crippen LogP contribution is -2.15. The fourth-order valence-corrected chi connectivity index (χ4v) is 3.59. The molecule has 0 aliphatic heterocycles. The molecule has 0 aliphatic carbocycles. The zero-order valence-electron chi connectivity index (χ0n) is 16.2. The van der Waals surface area contributed by atoms with Gasteiger partial charge in [0.15, 0.2) is 16.5 Å². The number of aromatic nitrogens is 4. The molecule has 3 N–H and O–H groups in total. The number of carbonyl (C=O) groups is 3. The number of aryl methyl sites for hydroxylation is 2. The van der Waals surface area contributed by atoms with Crippen molar-refractivity contribution in [3.8, 4) is 0 Å². The van der Waals surface area contributed by atoms with Crippen LogP contribution in [-0.4, -0.2) is 44.0 Å². The fourth-order valence-electron chi connectivity index (χ4n) is 2.90. The van der Waals surface area contributed by atoms with Crippen LogP contribution < -0.4 is 11.1 Å².